The summed E-state index contributed by atoms with van der Waals surface area (Å²) in [6, 6.07) is 2.38. The number of nitrogens with zero attached hydrogens (tertiary/aromatic N) is 4. The van der Waals surface area contributed by atoms with Gasteiger partial charge in [0.05, 0.1) is 22.0 Å². The van der Waals surface area contributed by atoms with E-state index in [-0.39, 0.29) is 42.2 Å². The van der Waals surface area contributed by atoms with Gasteiger partial charge in [0.15, 0.2) is 5.69 Å². The SMILES string of the molecule is NC(=O)c1nn(CC(=O)N2[C@@H]3CCCC[C@@H]3C[C@H]2C(=O)NCc2cc(P(=O)(O)O)cc(Cl)c2F)c2cnccc12. The van der Waals surface area contributed by atoms with Crippen molar-refractivity contribution in [2.45, 2.75) is 57.3 Å². The lowest BCUT2D eigenvalue weighted by molar-refractivity contribution is -0.141. The highest BCUT2D eigenvalue weighted by molar-refractivity contribution is 7.60. The number of nitrogens with one attached hydrogen (secondary N) is 1. The smallest absolute Gasteiger partial charge is 0.356 e. The number of rotatable bonds is 7. The average Bonchev–Trinajstić information content (AvgIpc) is 3.48. The van der Waals surface area contributed by atoms with Crippen molar-refractivity contribution >= 4 is 53.1 Å². The number of hydrogen-bond acceptors (Lipinski definition) is 6. The highest BCUT2D eigenvalue weighted by Gasteiger charge is 2.47. The number of nitrogens with two attached hydrogens (primary N) is 1. The molecule has 2 aliphatic rings. The van der Waals surface area contributed by atoms with Crippen LogP contribution in [0.1, 0.15) is 48.2 Å². The fraction of sp³-hybridized carbons (Fsp3) is 0.400. The van der Waals surface area contributed by atoms with Crippen molar-refractivity contribution in [1.29, 1.82) is 0 Å². The second-order valence-electron chi connectivity index (χ2n) is 10.1. The fourth-order valence-electron chi connectivity index (χ4n) is 5.81. The van der Waals surface area contributed by atoms with E-state index in [1.807, 2.05) is 0 Å². The number of hydrogen-bond donors (Lipinski definition) is 4. The highest BCUT2D eigenvalue weighted by atomic mass is 35.5. The topological polar surface area (TPSA) is 181 Å². The molecule has 3 heterocycles. The number of carbonyl (C=O) groups excluding carboxylic acids is 3. The van der Waals surface area contributed by atoms with E-state index >= 15 is 0 Å². The van der Waals surface area contributed by atoms with Gasteiger partial charge in [-0.25, -0.2) is 4.39 Å². The molecule has 3 amide bonds. The Bertz CT molecular complexity index is 1560. The molecule has 1 saturated carbocycles. The molecule has 5 rings (SSSR count). The zero-order valence-electron chi connectivity index (χ0n) is 21.2. The molecule has 2 aromatic heterocycles. The van der Waals surface area contributed by atoms with Gasteiger partial charge < -0.3 is 25.7 Å². The third-order valence-corrected chi connectivity index (χ3v) is 8.83. The van der Waals surface area contributed by atoms with Crippen LogP contribution in [0.15, 0.2) is 30.6 Å². The molecule has 5 N–H and O–H groups in total. The molecule has 40 heavy (non-hydrogen) atoms. The number of likely N-dealkylation sites (tertiary alicyclic amines) is 1. The molecule has 1 aromatic carbocycles. The summed E-state index contributed by atoms with van der Waals surface area (Å²) < 4.78 is 27.6. The predicted octanol–water partition coefficient (Wildman–Crippen LogP) is 1.60. The van der Waals surface area contributed by atoms with E-state index in [0.29, 0.717) is 17.3 Å². The maximum atomic E-state index is 14.6. The van der Waals surface area contributed by atoms with Crippen LogP contribution in [0.4, 0.5) is 4.39 Å². The number of carbonyl (C=O) groups is 3. The number of primary amides is 1. The Morgan fingerprint density at radius 3 is 2.70 bits per heavy atom. The van der Waals surface area contributed by atoms with Gasteiger partial charge in [0.25, 0.3) is 5.91 Å². The van der Waals surface area contributed by atoms with Gasteiger partial charge in [-0.1, -0.05) is 24.4 Å². The van der Waals surface area contributed by atoms with Crippen molar-refractivity contribution < 1.29 is 33.1 Å². The molecule has 2 fully saturated rings. The highest BCUT2D eigenvalue weighted by Crippen LogP contribution is 2.40. The van der Waals surface area contributed by atoms with Crippen LogP contribution in [0, 0.1) is 11.7 Å². The van der Waals surface area contributed by atoms with E-state index in [9.17, 15) is 33.1 Å². The lowest BCUT2D eigenvalue weighted by atomic mass is 9.84. The van der Waals surface area contributed by atoms with Crippen LogP contribution in [-0.4, -0.2) is 59.3 Å². The summed E-state index contributed by atoms with van der Waals surface area (Å²) in [5.74, 6) is -2.45. The van der Waals surface area contributed by atoms with E-state index in [0.717, 1.165) is 37.8 Å². The average molecular weight is 593 g/mol. The number of fused-ring (bicyclic) bond motifs is 2. The zero-order valence-corrected chi connectivity index (χ0v) is 22.8. The Morgan fingerprint density at radius 2 is 1.98 bits per heavy atom. The van der Waals surface area contributed by atoms with Crippen molar-refractivity contribution in [2.24, 2.45) is 11.7 Å². The van der Waals surface area contributed by atoms with E-state index < -0.39 is 41.6 Å². The van der Waals surface area contributed by atoms with Crippen molar-refractivity contribution in [3.05, 3.63) is 52.7 Å². The lowest BCUT2D eigenvalue weighted by Gasteiger charge is -2.33. The quantitative estimate of drug-likeness (QED) is 0.298. The lowest BCUT2D eigenvalue weighted by Crippen LogP contribution is -2.50. The minimum atomic E-state index is -4.71. The van der Waals surface area contributed by atoms with Gasteiger partial charge in [0.2, 0.25) is 11.8 Å². The summed E-state index contributed by atoms with van der Waals surface area (Å²) in [7, 11) is -4.71. The van der Waals surface area contributed by atoms with Gasteiger partial charge >= 0.3 is 7.60 Å². The largest absolute Gasteiger partial charge is 0.364 e. The van der Waals surface area contributed by atoms with Crippen molar-refractivity contribution in [2.75, 3.05) is 0 Å². The standard InChI is InChI=1S/C25H27ClFN6O6P/c26-17-9-15(40(37,38)39)7-14(22(17)27)10-30-25(36)19-8-13-3-1-2-4-18(13)33(19)21(34)12-32-20-11-29-6-5-16(20)23(31-32)24(28)35/h5-7,9,11,13,18-19H,1-4,8,10,12H2,(H2,28,35)(H,30,36)(H2,37,38,39)/t13-,18-,19+/m1/s1. The first kappa shape index (κ1) is 28.2. The minimum absolute atomic E-state index is 0.00896. The Morgan fingerprint density at radius 1 is 1.23 bits per heavy atom. The second-order valence-corrected chi connectivity index (χ2v) is 12.1. The van der Waals surface area contributed by atoms with Crippen molar-refractivity contribution in [1.82, 2.24) is 25.0 Å². The molecule has 15 heteroatoms. The summed E-state index contributed by atoms with van der Waals surface area (Å²) >= 11 is 5.83. The zero-order chi connectivity index (χ0) is 28.8. The van der Waals surface area contributed by atoms with Gasteiger partial charge in [-0.15, -0.1) is 0 Å². The summed E-state index contributed by atoms with van der Waals surface area (Å²) in [6.07, 6.45) is 6.84. The third-order valence-electron chi connectivity index (χ3n) is 7.63. The molecule has 1 aliphatic heterocycles. The number of aromatic nitrogens is 3. The van der Waals surface area contributed by atoms with Crippen LogP contribution >= 0.6 is 19.2 Å². The first-order valence-corrected chi connectivity index (χ1v) is 14.7. The van der Waals surface area contributed by atoms with Gasteiger partial charge in [-0.3, -0.25) is 28.6 Å². The van der Waals surface area contributed by atoms with Gasteiger partial charge in [-0.2, -0.15) is 5.10 Å². The molecule has 0 bridgehead atoms. The second kappa shape index (κ2) is 10.9. The van der Waals surface area contributed by atoms with E-state index in [1.165, 1.54) is 17.1 Å². The van der Waals surface area contributed by atoms with Gasteiger partial charge in [0, 0.05) is 29.7 Å². The van der Waals surface area contributed by atoms with Crippen LogP contribution in [0.2, 0.25) is 5.02 Å². The van der Waals surface area contributed by atoms with Crippen LogP contribution in [0.25, 0.3) is 10.9 Å². The molecule has 0 spiro atoms. The summed E-state index contributed by atoms with van der Waals surface area (Å²) in [5, 5.41) is 6.36. The molecule has 212 valence electrons. The number of benzene rings is 1. The Hall–Kier alpha value is -3.38. The normalized spacial score (nSPS) is 20.9. The molecule has 0 radical (unpaired) electrons. The van der Waals surface area contributed by atoms with E-state index in [2.05, 4.69) is 15.4 Å². The summed E-state index contributed by atoms with van der Waals surface area (Å²) in [6.45, 7) is -0.638. The maximum absolute atomic E-state index is 14.6. The van der Waals surface area contributed by atoms with Crippen LogP contribution in [0.5, 0.6) is 0 Å². The minimum Gasteiger partial charge on any atom is -0.364 e. The first-order valence-electron chi connectivity index (χ1n) is 12.7. The Balaban J connectivity index is 1.39. The summed E-state index contributed by atoms with van der Waals surface area (Å²) in [4.78, 5) is 63.6. The Labute approximate surface area is 232 Å². The van der Waals surface area contributed by atoms with Crippen LogP contribution < -0.4 is 16.4 Å². The van der Waals surface area contributed by atoms with E-state index in [1.54, 1.807) is 11.0 Å². The molecule has 3 atom stereocenters. The molecule has 1 aliphatic carbocycles. The number of amides is 3. The molecule has 12 nitrogen and oxygen atoms in total. The monoisotopic (exact) mass is 592 g/mol. The van der Waals surface area contributed by atoms with E-state index in [4.69, 9.17) is 17.3 Å². The molecule has 0 unspecified atom stereocenters. The molecule has 3 aromatic rings. The molecular formula is C25H27ClFN6O6P. The van der Waals surface area contributed by atoms with Crippen molar-refractivity contribution in [3.63, 3.8) is 0 Å². The third kappa shape index (κ3) is 5.34. The van der Waals surface area contributed by atoms with Gasteiger partial charge in [0.1, 0.15) is 18.4 Å². The van der Waals surface area contributed by atoms with Gasteiger partial charge in [-0.05, 0) is 43.4 Å². The van der Waals surface area contributed by atoms with Crippen molar-refractivity contribution in [3.8, 4) is 0 Å². The number of pyridine rings is 1. The van der Waals surface area contributed by atoms with Crippen LogP contribution in [-0.2, 0) is 27.2 Å². The Kier molecular flexibility index (Phi) is 7.66. The van der Waals surface area contributed by atoms with Crippen LogP contribution in [0.3, 0.4) is 0 Å². The summed E-state index contributed by atoms with van der Waals surface area (Å²) in [5.41, 5.74) is 5.73. The molecular weight excluding hydrogens is 566 g/mol. The fourth-order valence-corrected chi connectivity index (χ4v) is 6.75. The predicted molar refractivity (Wildman–Crippen MR) is 142 cm³/mol. The first-order chi connectivity index (χ1) is 19.0. The molecule has 1 saturated heterocycles. The number of halogens is 2. The maximum Gasteiger partial charge on any atom is 0.356 e.